The molecule has 3 nitrogen and oxygen atoms in total. The van der Waals surface area contributed by atoms with Gasteiger partial charge in [-0.15, -0.1) is 11.3 Å². The van der Waals surface area contributed by atoms with Gasteiger partial charge in [-0.1, -0.05) is 24.8 Å². The van der Waals surface area contributed by atoms with Crippen LogP contribution in [0.4, 0.5) is 0 Å². The van der Waals surface area contributed by atoms with Crippen molar-refractivity contribution < 1.29 is 0 Å². The standard InChI is InChI=1S/C12H17N3S2/c1-4-13-8-10-9(2)14-15(3)12(10)17-11-6-5-7-16-11/h5-7,13H,4,8H2,1-3H3. The number of aryl methyl sites for hydroxylation is 2. The first-order valence-electron chi connectivity index (χ1n) is 5.67. The van der Waals surface area contributed by atoms with Gasteiger partial charge in [0.1, 0.15) is 5.03 Å². The van der Waals surface area contributed by atoms with Gasteiger partial charge < -0.3 is 5.32 Å². The molecule has 0 atom stereocenters. The van der Waals surface area contributed by atoms with Crippen molar-refractivity contribution in [2.75, 3.05) is 6.54 Å². The summed E-state index contributed by atoms with van der Waals surface area (Å²) in [4.78, 5) is 0. The first kappa shape index (κ1) is 12.7. The van der Waals surface area contributed by atoms with Gasteiger partial charge in [0.15, 0.2) is 0 Å². The average molecular weight is 267 g/mol. The first-order valence-corrected chi connectivity index (χ1v) is 7.36. The van der Waals surface area contributed by atoms with Crippen molar-refractivity contribution in [3.05, 3.63) is 28.8 Å². The van der Waals surface area contributed by atoms with Gasteiger partial charge in [-0.05, 0) is 24.9 Å². The van der Waals surface area contributed by atoms with Gasteiger partial charge in [-0.2, -0.15) is 5.10 Å². The zero-order chi connectivity index (χ0) is 12.3. The van der Waals surface area contributed by atoms with Crippen molar-refractivity contribution in [1.29, 1.82) is 0 Å². The second-order valence-corrected chi connectivity index (χ2v) is 6.04. The van der Waals surface area contributed by atoms with Crippen LogP contribution in [0.15, 0.2) is 26.7 Å². The zero-order valence-electron chi connectivity index (χ0n) is 10.4. The third kappa shape index (κ3) is 2.91. The van der Waals surface area contributed by atoms with E-state index in [9.17, 15) is 0 Å². The quantitative estimate of drug-likeness (QED) is 0.903. The molecule has 92 valence electrons. The van der Waals surface area contributed by atoms with Crippen molar-refractivity contribution in [2.45, 2.75) is 29.6 Å². The van der Waals surface area contributed by atoms with Crippen LogP contribution in [0.1, 0.15) is 18.2 Å². The fourth-order valence-corrected chi connectivity index (χ4v) is 3.58. The number of thiophene rings is 1. The Kier molecular flexibility index (Phi) is 4.25. The molecule has 0 radical (unpaired) electrons. The molecular formula is C12H17N3S2. The molecule has 2 aromatic heterocycles. The van der Waals surface area contributed by atoms with E-state index in [1.165, 1.54) is 14.8 Å². The summed E-state index contributed by atoms with van der Waals surface area (Å²) >= 11 is 3.57. The molecule has 0 aliphatic rings. The molecule has 2 rings (SSSR count). The summed E-state index contributed by atoms with van der Waals surface area (Å²) in [5, 5.41) is 11.2. The van der Waals surface area contributed by atoms with E-state index < -0.39 is 0 Å². The van der Waals surface area contributed by atoms with Crippen LogP contribution in [-0.4, -0.2) is 16.3 Å². The monoisotopic (exact) mass is 267 g/mol. The van der Waals surface area contributed by atoms with Gasteiger partial charge in [0.05, 0.1) is 9.90 Å². The lowest BCUT2D eigenvalue weighted by atomic mass is 10.2. The minimum absolute atomic E-state index is 0.893. The van der Waals surface area contributed by atoms with Crippen molar-refractivity contribution in [2.24, 2.45) is 7.05 Å². The third-order valence-corrected chi connectivity index (χ3v) is 4.77. The molecule has 0 amide bonds. The molecule has 0 aliphatic carbocycles. The van der Waals surface area contributed by atoms with Crippen LogP contribution in [0.3, 0.4) is 0 Å². The Labute approximate surface area is 110 Å². The molecule has 0 saturated carbocycles. The van der Waals surface area contributed by atoms with Crippen LogP contribution in [0.2, 0.25) is 0 Å². The first-order chi connectivity index (χ1) is 8.22. The number of nitrogens with one attached hydrogen (secondary N) is 1. The van der Waals surface area contributed by atoms with Crippen LogP contribution in [0.5, 0.6) is 0 Å². The lowest BCUT2D eigenvalue weighted by Crippen LogP contribution is -2.12. The molecule has 17 heavy (non-hydrogen) atoms. The predicted octanol–water partition coefficient (Wildman–Crippen LogP) is 3.05. The second-order valence-electron chi connectivity index (χ2n) is 3.81. The van der Waals surface area contributed by atoms with Gasteiger partial charge in [0.25, 0.3) is 0 Å². The highest BCUT2D eigenvalue weighted by Gasteiger charge is 2.14. The van der Waals surface area contributed by atoms with Crippen LogP contribution in [0, 0.1) is 6.92 Å². The summed E-state index contributed by atoms with van der Waals surface area (Å²) in [6.45, 7) is 6.07. The molecule has 0 fully saturated rings. The normalized spacial score (nSPS) is 11.0. The van der Waals surface area contributed by atoms with E-state index >= 15 is 0 Å². The number of aromatic nitrogens is 2. The van der Waals surface area contributed by atoms with E-state index in [1.807, 2.05) is 11.7 Å². The minimum atomic E-state index is 0.893. The number of hydrogen-bond donors (Lipinski definition) is 1. The summed E-state index contributed by atoms with van der Waals surface area (Å²) in [7, 11) is 2.01. The summed E-state index contributed by atoms with van der Waals surface area (Å²) in [6, 6.07) is 4.23. The maximum atomic E-state index is 4.50. The molecule has 0 aliphatic heterocycles. The molecule has 2 aromatic rings. The van der Waals surface area contributed by atoms with Gasteiger partial charge >= 0.3 is 0 Å². The Morgan fingerprint density at radius 2 is 2.35 bits per heavy atom. The number of hydrogen-bond acceptors (Lipinski definition) is 4. The lowest BCUT2D eigenvalue weighted by molar-refractivity contribution is 0.674. The van der Waals surface area contributed by atoms with E-state index in [0.717, 1.165) is 18.8 Å². The zero-order valence-corrected chi connectivity index (χ0v) is 12.0. The largest absolute Gasteiger partial charge is 0.313 e. The molecule has 0 aromatic carbocycles. The smallest absolute Gasteiger partial charge is 0.104 e. The molecule has 1 N–H and O–H groups in total. The highest BCUT2D eigenvalue weighted by Crippen LogP contribution is 2.34. The van der Waals surface area contributed by atoms with Crippen molar-refractivity contribution >= 4 is 23.1 Å². The van der Waals surface area contributed by atoms with E-state index in [2.05, 4.69) is 41.8 Å². The summed E-state index contributed by atoms with van der Waals surface area (Å²) in [6.07, 6.45) is 0. The molecule has 0 saturated heterocycles. The summed E-state index contributed by atoms with van der Waals surface area (Å²) < 4.78 is 3.29. The Hall–Kier alpha value is -0.780. The SMILES string of the molecule is CCNCc1c(C)nn(C)c1Sc1cccs1. The Morgan fingerprint density at radius 3 is 3.00 bits per heavy atom. The Morgan fingerprint density at radius 1 is 1.53 bits per heavy atom. The maximum Gasteiger partial charge on any atom is 0.104 e. The summed E-state index contributed by atoms with van der Waals surface area (Å²) in [5.41, 5.74) is 2.43. The van der Waals surface area contributed by atoms with Gasteiger partial charge in [-0.25, -0.2) is 0 Å². The molecule has 5 heteroatoms. The van der Waals surface area contributed by atoms with Gasteiger partial charge in [0.2, 0.25) is 0 Å². The molecule has 2 heterocycles. The van der Waals surface area contributed by atoms with Gasteiger partial charge in [0, 0.05) is 19.2 Å². The van der Waals surface area contributed by atoms with Crippen molar-refractivity contribution in [3.8, 4) is 0 Å². The Bertz CT molecular complexity index is 474. The van der Waals surface area contributed by atoms with E-state index in [1.54, 1.807) is 23.1 Å². The van der Waals surface area contributed by atoms with E-state index in [0.29, 0.717) is 0 Å². The highest BCUT2D eigenvalue weighted by atomic mass is 32.2. The minimum Gasteiger partial charge on any atom is -0.313 e. The fraction of sp³-hybridized carbons (Fsp3) is 0.417. The maximum absolute atomic E-state index is 4.50. The number of rotatable bonds is 5. The van der Waals surface area contributed by atoms with E-state index in [-0.39, 0.29) is 0 Å². The van der Waals surface area contributed by atoms with Crippen LogP contribution in [-0.2, 0) is 13.6 Å². The van der Waals surface area contributed by atoms with Crippen LogP contribution < -0.4 is 5.32 Å². The number of nitrogens with zero attached hydrogens (tertiary/aromatic N) is 2. The van der Waals surface area contributed by atoms with Crippen molar-refractivity contribution in [1.82, 2.24) is 15.1 Å². The topological polar surface area (TPSA) is 29.9 Å². The van der Waals surface area contributed by atoms with Gasteiger partial charge in [-0.3, -0.25) is 4.68 Å². The Balaban J connectivity index is 2.25. The average Bonchev–Trinajstić information content (AvgIpc) is 2.88. The molecule has 0 spiro atoms. The van der Waals surface area contributed by atoms with Crippen LogP contribution in [0.25, 0.3) is 0 Å². The second kappa shape index (κ2) is 5.71. The lowest BCUT2D eigenvalue weighted by Gasteiger charge is -2.05. The predicted molar refractivity (Wildman–Crippen MR) is 73.8 cm³/mol. The molecular weight excluding hydrogens is 250 g/mol. The highest BCUT2D eigenvalue weighted by molar-refractivity contribution is 8.01. The molecule has 0 unspecified atom stereocenters. The van der Waals surface area contributed by atoms with E-state index in [4.69, 9.17) is 0 Å². The summed E-state index contributed by atoms with van der Waals surface area (Å²) in [5.74, 6) is 0. The third-order valence-electron chi connectivity index (χ3n) is 2.53. The molecule has 0 bridgehead atoms. The fourth-order valence-electron chi connectivity index (χ4n) is 1.68. The van der Waals surface area contributed by atoms with Crippen molar-refractivity contribution in [3.63, 3.8) is 0 Å². The van der Waals surface area contributed by atoms with Crippen LogP contribution >= 0.6 is 23.1 Å².